The summed E-state index contributed by atoms with van der Waals surface area (Å²) in [4.78, 5) is 45.0. The highest BCUT2D eigenvalue weighted by molar-refractivity contribution is 5.84. The van der Waals surface area contributed by atoms with E-state index in [-0.39, 0.29) is 29.9 Å². The summed E-state index contributed by atoms with van der Waals surface area (Å²) in [5.41, 5.74) is 0.0243. The normalized spacial score (nSPS) is 10.6. The number of amides is 1. The third-order valence-electron chi connectivity index (χ3n) is 3.62. The van der Waals surface area contributed by atoms with E-state index in [0.717, 1.165) is 18.5 Å². The van der Waals surface area contributed by atoms with Crippen LogP contribution in [0.1, 0.15) is 25.7 Å². The molecule has 0 aliphatic carbocycles. The average molecular weight is 348 g/mol. The average Bonchev–Trinajstić information content (AvgIpc) is 2.59. The van der Waals surface area contributed by atoms with Crippen LogP contribution in [0.25, 0.3) is 10.8 Å². The Morgan fingerprint density at radius 3 is 2.36 bits per heavy atom. The van der Waals surface area contributed by atoms with Crippen molar-refractivity contribution in [3.63, 3.8) is 0 Å². The zero-order chi connectivity index (χ0) is 18.2. The summed E-state index contributed by atoms with van der Waals surface area (Å²) in [6.07, 6.45) is 1.33. The lowest BCUT2D eigenvalue weighted by molar-refractivity contribution is -0.138. The maximum Gasteiger partial charge on any atom is 0.303 e. The molecule has 2 aromatic rings. The number of unbranched alkanes of at least 4 members (excludes halogenated alkanes) is 1. The smallest absolute Gasteiger partial charge is 0.303 e. The van der Waals surface area contributed by atoms with E-state index >= 15 is 0 Å². The fourth-order valence-electron chi connectivity index (χ4n) is 2.31. The quantitative estimate of drug-likeness (QED) is 0.415. The monoisotopic (exact) mass is 348 g/mol. The molecule has 0 saturated heterocycles. The summed E-state index contributed by atoms with van der Waals surface area (Å²) in [5.74, 6) is -1.26. The van der Waals surface area contributed by atoms with Gasteiger partial charge >= 0.3 is 5.97 Å². The molecule has 25 heavy (non-hydrogen) atoms. The van der Waals surface area contributed by atoms with Crippen molar-refractivity contribution in [1.82, 2.24) is 15.5 Å². The number of aromatic amines is 2. The number of nitrogens with one attached hydrogen (secondary N) is 4. The lowest BCUT2D eigenvalue weighted by Gasteiger charge is -2.08. The van der Waals surface area contributed by atoms with Crippen LogP contribution in [0.3, 0.4) is 0 Å². The Labute approximate surface area is 142 Å². The highest BCUT2D eigenvalue weighted by Gasteiger charge is 2.05. The van der Waals surface area contributed by atoms with Crippen LogP contribution in [-0.2, 0) is 9.59 Å². The third kappa shape index (κ3) is 5.48. The number of H-pyrrole nitrogens is 2. The summed E-state index contributed by atoms with van der Waals surface area (Å²) in [6.45, 7) is 1.12. The van der Waals surface area contributed by atoms with Crippen LogP contribution in [0.4, 0.5) is 5.69 Å². The van der Waals surface area contributed by atoms with Gasteiger partial charge < -0.3 is 15.7 Å². The van der Waals surface area contributed by atoms with Crippen LogP contribution >= 0.6 is 0 Å². The van der Waals surface area contributed by atoms with Gasteiger partial charge in [0.1, 0.15) is 0 Å². The van der Waals surface area contributed by atoms with Gasteiger partial charge in [0.15, 0.2) is 0 Å². The second-order valence-corrected chi connectivity index (χ2v) is 5.55. The van der Waals surface area contributed by atoms with E-state index in [9.17, 15) is 19.2 Å². The number of aromatic nitrogens is 2. The summed E-state index contributed by atoms with van der Waals surface area (Å²) in [5, 5.41) is 19.5. The van der Waals surface area contributed by atoms with Gasteiger partial charge in [-0.25, -0.2) is 0 Å². The van der Waals surface area contributed by atoms with Crippen LogP contribution in [0.2, 0.25) is 0 Å². The molecule has 1 aromatic heterocycles. The number of anilines is 1. The van der Waals surface area contributed by atoms with Crippen molar-refractivity contribution in [2.24, 2.45) is 0 Å². The number of hydrogen-bond donors (Lipinski definition) is 5. The van der Waals surface area contributed by atoms with E-state index in [1.165, 1.54) is 0 Å². The SMILES string of the molecule is O=C(O)CCC(=O)NCCCCNc1ccc2c(=O)[nH][nH]c(=O)c2c1. The Morgan fingerprint density at radius 1 is 0.960 bits per heavy atom. The standard InChI is InChI=1S/C16H20N4O5/c21-13(5-6-14(22)23)18-8-2-1-7-17-10-3-4-11-12(9-10)16(25)20-19-15(11)24/h3-4,9,17H,1-2,5-8H2,(H,18,21)(H,19,24)(H,20,25)(H,22,23). The molecule has 134 valence electrons. The van der Waals surface area contributed by atoms with Gasteiger partial charge in [-0.2, -0.15) is 0 Å². The van der Waals surface area contributed by atoms with Crippen LogP contribution in [0.15, 0.2) is 27.8 Å². The van der Waals surface area contributed by atoms with Gasteiger partial charge in [0.2, 0.25) is 5.91 Å². The van der Waals surface area contributed by atoms with Gasteiger partial charge in [-0.15, -0.1) is 0 Å². The lowest BCUT2D eigenvalue weighted by Crippen LogP contribution is -2.25. The largest absolute Gasteiger partial charge is 0.481 e. The van der Waals surface area contributed by atoms with Gasteiger partial charge in [0.05, 0.1) is 17.2 Å². The van der Waals surface area contributed by atoms with Crippen molar-refractivity contribution in [3.05, 3.63) is 38.9 Å². The molecular formula is C16H20N4O5. The molecule has 0 fully saturated rings. The summed E-state index contributed by atoms with van der Waals surface area (Å²) in [7, 11) is 0. The van der Waals surface area contributed by atoms with E-state index < -0.39 is 5.97 Å². The van der Waals surface area contributed by atoms with Crippen molar-refractivity contribution < 1.29 is 14.7 Å². The molecule has 0 spiro atoms. The Hall–Kier alpha value is -3.10. The minimum absolute atomic E-state index is 0.0155. The number of carboxylic acids is 1. The van der Waals surface area contributed by atoms with Crippen molar-refractivity contribution in [2.45, 2.75) is 25.7 Å². The first-order valence-corrected chi connectivity index (χ1v) is 7.94. The van der Waals surface area contributed by atoms with Crippen molar-refractivity contribution in [3.8, 4) is 0 Å². The molecule has 9 heteroatoms. The van der Waals surface area contributed by atoms with Crippen molar-refractivity contribution in [1.29, 1.82) is 0 Å². The fourth-order valence-corrected chi connectivity index (χ4v) is 2.31. The number of aliphatic carboxylic acids is 1. The van der Waals surface area contributed by atoms with Crippen molar-refractivity contribution in [2.75, 3.05) is 18.4 Å². The number of hydrogen-bond acceptors (Lipinski definition) is 5. The summed E-state index contributed by atoms with van der Waals surface area (Å²) >= 11 is 0. The van der Waals surface area contributed by atoms with E-state index in [1.807, 2.05) is 0 Å². The number of carboxylic acid groups (broad SMARTS) is 1. The van der Waals surface area contributed by atoms with Gasteiger partial charge in [-0.05, 0) is 31.0 Å². The summed E-state index contributed by atoms with van der Waals surface area (Å²) < 4.78 is 0. The Bertz CT molecular complexity index is 871. The molecule has 9 nitrogen and oxygen atoms in total. The van der Waals surface area contributed by atoms with E-state index in [4.69, 9.17) is 5.11 Å². The third-order valence-corrected chi connectivity index (χ3v) is 3.62. The minimum Gasteiger partial charge on any atom is -0.481 e. The first kappa shape index (κ1) is 18.2. The number of fused-ring (bicyclic) bond motifs is 1. The molecule has 0 atom stereocenters. The maximum atomic E-state index is 11.7. The molecule has 2 rings (SSSR count). The Kier molecular flexibility index (Phi) is 6.33. The molecule has 0 aliphatic rings. The highest BCUT2D eigenvalue weighted by atomic mass is 16.4. The second kappa shape index (κ2) is 8.67. The predicted octanol–water partition coefficient (Wildman–Crippen LogP) is 0.389. The second-order valence-electron chi connectivity index (χ2n) is 5.55. The number of carbonyl (C=O) groups is 2. The van der Waals surface area contributed by atoms with Gasteiger partial charge in [0.25, 0.3) is 11.1 Å². The molecule has 0 aliphatic heterocycles. The van der Waals surface area contributed by atoms with Crippen LogP contribution < -0.4 is 21.8 Å². The van der Waals surface area contributed by atoms with Crippen LogP contribution in [0, 0.1) is 0 Å². The molecule has 0 bridgehead atoms. The summed E-state index contributed by atoms with van der Waals surface area (Å²) in [6, 6.07) is 4.94. The first-order valence-electron chi connectivity index (χ1n) is 7.94. The van der Waals surface area contributed by atoms with E-state index in [2.05, 4.69) is 20.8 Å². The zero-order valence-corrected chi connectivity index (χ0v) is 13.6. The fraction of sp³-hybridized carbons (Fsp3) is 0.375. The molecule has 1 amide bonds. The molecule has 1 heterocycles. The van der Waals surface area contributed by atoms with Gasteiger partial charge in [0, 0.05) is 25.2 Å². The molecule has 0 saturated carbocycles. The van der Waals surface area contributed by atoms with Gasteiger partial charge in [-0.1, -0.05) is 0 Å². The zero-order valence-electron chi connectivity index (χ0n) is 13.6. The predicted molar refractivity (Wildman–Crippen MR) is 92.8 cm³/mol. The molecule has 5 N–H and O–H groups in total. The molecule has 1 aromatic carbocycles. The van der Waals surface area contributed by atoms with Crippen LogP contribution in [-0.4, -0.2) is 40.3 Å². The highest BCUT2D eigenvalue weighted by Crippen LogP contribution is 2.13. The topological polar surface area (TPSA) is 144 Å². The Morgan fingerprint density at radius 2 is 1.64 bits per heavy atom. The van der Waals surface area contributed by atoms with Crippen molar-refractivity contribution >= 4 is 28.3 Å². The van der Waals surface area contributed by atoms with E-state index in [0.29, 0.717) is 23.9 Å². The Balaban J connectivity index is 1.74. The lowest BCUT2D eigenvalue weighted by atomic mass is 10.1. The maximum absolute atomic E-state index is 11.7. The van der Waals surface area contributed by atoms with Gasteiger partial charge in [-0.3, -0.25) is 29.4 Å². The van der Waals surface area contributed by atoms with Crippen LogP contribution in [0.5, 0.6) is 0 Å². The molecular weight excluding hydrogens is 328 g/mol. The first-order chi connectivity index (χ1) is 12.0. The number of rotatable bonds is 9. The molecule has 0 unspecified atom stereocenters. The molecule has 0 radical (unpaired) electrons. The minimum atomic E-state index is -0.990. The number of benzene rings is 1. The van der Waals surface area contributed by atoms with E-state index in [1.54, 1.807) is 18.2 Å². The number of carbonyl (C=O) groups excluding carboxylic acids is 1.